The normalized spacial score (nSPS) is 31.6. The predicted molar refractivity (Wildman–Crippen MR) is 139 cm³/mol. The molecular formula is C27H30O15. The minimum atomic E-state index is -1.76. The molecule has 0 amide bonds. The SMILES string of the molecule is COc1cc(-c2cc(=O)c3c(O)cc(OC4OC(CO)C(O)C(O)C4OC4OCC(O)C(O)C4O)cc3o2)ccc1O. The molecule has 1 aromatic heterocycles. The fourth-order valence-corrected chi connectivity index (χ4v) is 4.77. The molecule has 9 unspecified atom stereocenters. The number of fused-ring (bicyclic) bond motifs is 1. The van der Waals surface area contributed by atoms with Crippen molar-refractivity contribution in [3.05, 3.63) is 46.6 Å². The summed E-state index contributed by atoms with van der Waals surface area (Å²) in [6.07, 6.45) is -14.3. The van der Waals surface area contributed by atoms with Gasteiger partial charge in [-0.2, -0.15) is 0 Å². The van der Waals surface area contributed by atoms with E-state index >= 15 is 0 Å². The van der Waals surface area contributed by atoms with E-state index < -0.39 is 79.7 Å². The molecule has 9 atom stereocenters. The van der Waals surface area contributed by atoms with Gasteiger partial charge in [0.2, 0.25) is 6.29 Å². The van der Waals surface area contributed by atoms with Crippen molar-refractivity contribution in [2.24, 2.45) is 0 Å². The molecule has 228 valence electrons. The zero-order valence-electron chi connectivity index (χ0n) is 22.0. The average molecular weight is 595 g/mol. The molecule has 3 aromatic rings. The van der Waals surface area contributed by atoms with E-state index in [0.717, 1.165) is 12.1 Å². The van der Waals surface area contributed by atoms with Crippen LogP contribution < -0.4 is 14.9 Å². The smallest absolute Gasteiger partial charge is 0.229 e. The summed E-state index contributed by atoms with van der Waals surface area (Å²) >= 11 is 0. The van der Waals surface area contributed by atoms with Crippen LogP contribution in [0, 0.1) is 0 Å². The molecule has 2 aromatic carbocycles. The predicted octanol–water partition coefficient (Wildman–Crippen LogP) is -1.48. The monoisotopic (exact) mass is 594 g/mol. The lowest BCUT2D eigenvalue weighted by molar-refractivity contribution is -0.344. The minimum absolute atomic E-state index is 0.0699. The first-order chi connectivity index (χ1) is 20.0. The van der Waals surface area contributed by atoms with Gasteiger partial charge in [0.25, 0.3) is 0 Å². The summed E-state index contributed by atoms with van der Waals surface area (Å²) in [7, 11) is 1.35. The molecule has 15 nitrogen and oxygen atoms in total. The van der Waals surface area contributed by atoms with Crippen LogP contribution in [0.1, 0.15) is 0 Å². The molecule has 2 fully saturated rings. The summed E-state index contributed by atoms with van der Waals surface area (Å²) in [5.74, 6) is -0.610. The maximum atomic E-state index is 12.9. The van der Waals surface area contributed by atoms with E-state index in [9.17, 15) is 45.6 Å². The number of rotatable bonds is 7. The van der Waals surface area contributed by atoms with Gasteiger partial charge in [-0.15, -0.1) is 0 Å². The van der Waals surface area contributed by atoms with Gasteiger partial charge in [0.05, 0.1) is 20.3 Å². The van der Waals surface area contributed by atoms with Gasteiger partial charge in [0.15, 0.2) is 29.3 Å². The van der Waals surface area contributed by atoms with Gasteiger partial charge in [-0.3, -0.25) is 4.79 Å². The third kappa shape index (κ3) is 5.61. The second kappa shape index (κ2) is 12.0. The van der Waals surface area contributed by atoms with Gasteiger partial charge in [0, 0.05) is 23.8 Å². The highest BCUT2D eigenvalue weighted by Crippen LogP contribution is 2.36. The molecule has 3 heterocycles. The Kier molecular flexibility index (Phi) is 8.56. The molecule has 42 heavy (non-hydrogen) atoms. The number of ether oxygens (including phenoxy) is 5. The Balaban J connectivity index is 1.48. The summed E-state index contributed by atoms with van der Waals surface area (Å²) in [5, 5.41) is 81.2. The highest BCUT2D eigenvalue weighted by atomic mass is 16.8. The summed E-state index contributed by atoms with van der Waals surface area (Å²) in [4.78, 5) is 12.9. The third-order valence-electron chi connectivity index (χ3n) is 7.07. The van der Waals surface area contributed by atoms with Crippen molar-refractivity contribution < 1.29 is 69.0 Å². The van der Waals surface area contributed by atoms with Gasteiger partial charge in [-0.1, -0.05) is 0 Å². The average Bonchev–Trinajstić information content (AvgIpc) is 2.96. The van der Waals surface area contributed by atoms with Gasteiger partial charge in [0.1, 0.15) is 64.9 Å². The van der Waals surface area contributed by atoms with Crippen LogP contribution in [0.15, 0.2) is 45.6 Å². The van der Waals surface area contributed by atoms with Crippen LogP contribution >= 0.6 is 0 Å². The maximum Gasteiger partial charge on any atom is 0.229 e. The van der Waals surface area contributed by atoms with E-state index in [1.54, 1.807) is 0 Å². The summed E-state index contributed by atoms with van der Waals surface area (Å²) in [5.41, 5.74) is -0.337. The quantitative estimate of drug-likeness (QED) is 0.156. The van der Waals surface area contributed by atoms with E-state index in [1.807, 2.05) is 0 Å². The van der Waals surface area contributed by atoms with Crippen molar-refractivity contribution in [2.75, 3.05) is 20.3 Å². The van der Waals surface area contributed by atoms with E-state index in [2.05, 4.69) is 0 Å². The largest absolute Gasteiger partial charge is 0.507 e. The summed E-state index contributed by atoms with van der Waals surface area (Å²) in [6.45, 7) is -1.14. The Morgan fingerprint density at radius 3 is 2.38 bits per heavy atom. The number of methoxy groups -OCH3 is 1. The molecule has 0 saturated carbocycles. The van der Waals surface area contributed by atoms with Crippen molar-refractivity contribution in [3.63, 3.8) is 0 Å². The van der Waals surface area contributed by atoms with E-state index in [-0.39, 0.29) is 34.0 Å². The van der Waals surface area contributed by atoms with Crippen LogP contribution in [0.4, 0.5) is 0 Å². The van der Waals surface area contributed by atoms with Crippen molar-refractivity contribution in [1.82, 2.24) is 0 Å². The van der Waals surface area contributed by atoms with Crippen molar-refractivity contribution in [1.29, 1.82) is 0 Å². The van der Waals surface area contributed by atoms with Crippen molar-refractivity contribution in [3.8, 4) is 34.3 Å². The van der Waals surface area contributed by atoms with Crippen LogP contribution in [0.3, 0.4) is 0 Å². The molecule has 0 spiro atoms. The Bertz CT molecular complexity index is 1470. The van der Waals surface area contributed by atoms with Crippen molar-refractivity contribution in [2.45, 2.75) is 55.3 Å². The molecule has 2 aliphatic heterocycles. The maximum absolute atomic E-state index is 12.9. The van der Waals surface area contributed by atoms with Crippen LogP contribution in [0.5, 0.6) is 23.0 Å². The van der Waals surface area contributed by atoms with E-state index in [1.165, 1.54) is 31.4 Å². The molecule has 0 aliphatic carbocycles. The van der Waals surface area contributed by atoms with Crippen LogP contribution in [0.2, 0.25) is 0 Å². The number of benzene rings is 2. The first kappa shape index (κ1) is 30.0. The van der Waals surface area contributed by atoms with Gasteiger partial charge >= 0.3 is 0 Å². The molecule has 0 radical (unpaired) electrons. The molecule has 15 heteroatoms. The zero-order valence-corrected chi connectivity index (χ0v) is 22.0. The number of hydrogen-bond acceptors (Lipinski definition) is 15. The Hall–Kier alpha value is -3.51. The molecular weight excluding hydrogens is 564 g/mol. The summed E-state index contributed by atoms with van der Waals surface area (Å²) < 4.78 is 33.2. The highest BCUT2D eigenvalue weighted by Gasteiger charge is 2.50. The number of phenolic OH excluding ortho intramolecular Hbond substituents is 2. The second-order valence-electron chi connectivity index (χ2n) is 9.85. The lowest BCUT2D eigenvalue weighted by Gasteiger charge is -2.44. The number of aromatic hydroxyl groups is 2. The molecule has 2 aliphatic rings. The molecule has 8 N–H and O–H groups in total. The van der Waals surface area contributed by atoms with Crippen LogP contribution in [-0.4, -0.2) is 116 Å². The Morgan fingerprint density at radius 2 is 1.67 bits per heavy atom. The molecule has 0 bridgehead atoms. The highest BCUT2D eigenvalue weighted by molar-refractivity contribution is 5.86. The number of phenols is 2. The number of aliphatic hydroxyl groups excluding tert-OH is 6. The van der Waals surface area contributed by atoms with E-state index in [4.69, 9.17) is 28.1 Å². The first-order valence-corrected chi connectivity index (χ1v) is 12.8. The molecule has 5 rings (SSSR count). The fraction of sp³-hybridized carbons (Fsp3) is 0.444. The Morgan fingerprint density at radius 1 is 0.905 bits per heavy atom. The standard InChI is InChI=1S/C27H30O15/c1-37-17-4-10(2-3-12(17)29)16-7-14(31)20-13(30)5-11(6-18(20)40-16)39-27-25(23(35)22(34)19(8-28)41-27)42-26-24(36)21(33)15(32)9-38-26/h2-7,15,19,21-30,32-36H,8-9H2,1H3. The summed E-state index contributed by atoms with van der Waals surface area (Å²) in [6, 6.07) is 7.74. The van der Waals surface area contributed by atoms with Gasteiger partial charge in [-0.05, 0) is 18.2 Å². The number of aliphatic hydroxyl groups is 6. The molecule has 2 saturated heterocycles. The first-order valence-electron chi connectivity index (χ1n) is 12.8. The zero-order chi connectivity index (χ0) is 30.3. The van der Waals surface area contributed by atoms with E-state index in [0.29, 0.717) is 5.56 Å². The lowest BCUT2D eigenvalue weighted by Crippen LogP contribution is -2.63. The fourth-order valence-electron chi connectivity index (χ4n) is 4.77. The topological polar surface area (TPSA) is 238 Å². The van der Waals surface area contributed by atoms with Crippen LogP contribution in [0.25, 0.3) is 22.3 Å². The van der Waals surface area contributed by atoms with Gasteiger partial charge < -0.3 is 69.0 Å². The van der Waals surface area contributed by atoms with Crippen molar-refractivity contribution >= 4 is 11.0 Å². The van der Waals surface area contributed by atoms with Gasteiger partial charge in [-0.25, -0.2) is 0 Å². The Labute approximate surface area is 236 Å². The number of hydrogen-bond donors (Lipinski definition) is 8. The van der Waals surface area contributed by atoms with Crippen LogP contribution in [-0.2, 0) is 14.2 Å². The lowest BCUT2D eigenvalue weighted by atomic mass is 9.98. The third-order valence-corrected chi connectivity index (χ3v) is 7.07. The minimum Gasteiger partial charge on any atom is -0.507 e. The second-order valence-corrected chi connectivity index (χ2v) is 9.85.